The van der Waals surface area contributed by atoms with Gasteiger partial charge in [-0.2, -0.15) is 0 Å². The summed E-state index contributed by atoms with van der Waals surface area (Å²) in [7, 11) is 1.60. The van der Waals surface area contributed by atoms with E-state index >= 15 is 0 Å². The second-order valence-corrected chi connectivity index (χ2v) is 5.39. The van der Waals surface area contributed by atoms with Gasteiger partial charge in [0, 0.05) is 6.07 Å². The van der Waals surface area contributed by atoms with Crippen LogP contribution >= 0.6 is 0 Å². The van der Waals surface area contributed by atoms with E-state index in [2.05, 4.69) is 26.8 Å². The molecule has 27 heavy (non-hydrogen) atoms. The van der Waals surface area contributed by atoms with Crippen LogP contribution in [0.2, 0.25) is 0 Å². The van der Waals surface area contributed by atoms with Crippen LogP contribution in [0.15, 0.2) is 61.4 Å². The van der Waals surface area contributed by atoms with E-state index in [1.54, 1.807) is 55.6 Å². The van der Waals surface area contributed by atoms with Crippen molar-refractivity contribution in [3.63, 3.8) is 0 Å². The number of hydrogen-bond acceptors (Lipinski definition) is 7. The fourth-order valence-corrected chi connectivity index (χ4v) is 2.16. The first-order valence-electron chi connectivity index (χ1n) is 7.92. The van der Waals surface area contributed by atoms with Crippen molar-refractivity contribution in [3.05, 3.63) is 67.1 Å². The molecule has 136 valence electrons. The SMILES string of the molecule is C=C(C(N)=O)c1cccc(Nc2cc(Oc3ccc(OC)cc3)ncn2)n1. The van der Waals surface area contributed by atoms with E-state index in [1.807, 2.05) is 0 Å². The van der Waals surface area contributed by atoms with Crippen LogP contribution in [-0.4, -0.2) is 28.0 Å². The number of primary amides is 1. The molecule has 0 unspecified atom stereocenters. The molecule has 0 saturated heterocycles. The molecule has 0 spiro atoms. The summed E-state index contributed by atoms with van der Waals surface area (Å²) in [4.78, 5) is 23.8. The molecule has 3 aromatic rings. The predicted octanol–water partition coefficient (Wildman–Crippen LogP) is 2.91. The summed E-state index contributed by atoms with van der Waals surface area (Å²) in [5.41, 5.74) is 5.75. The molecule has 8 nitrogen and oxygen atoms in total. The average molecular weight is 363 g/mol. The molecule has 0 aliphatic carbocycles. The molecule has 1 aromatic carbocycles. The largest absolute Gasteiger partial charge is 0.497 e. The van der Waals surface area contributed by atoms with Gasteiger partial charge in [-0.1, -0.05) is 12.6 Å². The Morgan fingerprint density at radius 1 is 1.07 bits per heavy atom. The summed E-state index contributed by atoms with van der Waals surface area (Å²) >= 11 is 0. The van der Waals surface area contributed by atoms with Gasteiger partial charge in [0.1, 0.15) is 29.5 Å². The number of aromatic nitrogens is 3. The highest BCUT2D eigenvalue weighted by Gasteiger charge is 2.08. The third kappa shape index (κ3) is 4.57. The van der Waals surface area contributed by atoms with Crippen molar-refractivity contribution in [1.29, 1.82) is 0 Å². The van der Waals surface area contributed by atoms with Gasteiger partial charge >= 0.3 is 0 Å². The molecule has 1 amide bonds. The van der Waals surface area contributed by atoms with Crippen molar-refractivity contribution in [3.8, 4) is 17.4 Å². The summed E-state index contributed by atoms with van der Waals surface area (Å²) in [6.45, 7) is 3.63. The fraction of sp³-hybridized carbons (Fsp3) is 0.0526. The maximum absolute atomic E-state index is 11.2. The first kappa shape index (κ1) is 17.9. The van der Waals surface area contributed by atoms with Crippen molar-refractivity contribution in [2.45, 2.75) is 0 Å². The molecule has 0 fully saturated rings. The van der Waals surface area contributed by atoms with Gasteiger partial charge in [-0.15, -0.1) is 0 Å². The summed E-state index contributed by atoms with van der Waals surface area (Å²) in [5.74, 6) is 2.02. The second-order valence-electron chi connectivity index (χ2n) is 5.39. The number of carbonyl (C=O) groups excluding carboxylic acids is 1. The molecule has 0 radical (unpaired) electrons. The summed E-state index contributed by atoms with van der Waals surface area (Å²) in [6, 6.07) is 13.9. The van der Waals surface area contributed by atoms with Gasteiger partial charge in [-0.3, -0.25) is 4.79 Å². The molecule has 0 aliphatic rings. The predicted molar refractivity (Wildman–Crippen MR) is 101 cm³/mol. The minimum atomic E-state index is -0.628. The first-order valence-corrected chi connectivity index (χ1v) is 7.92. The lowest BCUT2D eigenvalue weighted by Gasteiger charge is -2.09. The van der Waals surface area contributed by atoms with Gasteiger partial charge in [-0.25, -0.2) is 15.0 Å². The highest BCUT2D eigenvalue weighted by Crippen LogP contribution is 2.24. The highest BCUT2D eigenvalue weighted by molar-refractivity contribution is 6.17. The standard InChI is InChI=1S/C19H17N5O3/c1-12(19(20)25)15-4-3-5-16(23-15)24-17-10-18(22-11-21-17)27-14-8-6-13(26-2)7-9-14/h3-11H,1H2,2H3,(H2,20,25)(H,21,22,23,24). The third-order valence-electron chi connectivity index (χ3n) is 3.54. The number of benzene rings is 1. The van der Waals surface area contributed by atoms with Crippen molar-refractivity contribution < 1.29 is 14.3 Å². The van der Waals surface area contributed by atoms with Crippen molar-refractivity contribution in [2.75, 3.05) is 12.4 Å². The summed E-state index contributed by atoms with van der Waals surface area (Å²) in [5, 5.41) is 3.03. The van der Waals surface area contributed by atoms with Crippen LogP contribution in [0.3, 0.4) is 0 Å². The van der Waals surface area contributed by atoms with Crippen LogP contribution in [0.25, 0.3) is 5.57 Å². The maximum Gasteiger partial charge on any atom is 0.250 e. The topological polar surface area (TPSA) is 112 Å². The normalized spacial score (nSPS) is 10.1. The number of anilines is 2. The number of ether oxygens (including phenoxy) is 2. The number of carbonyl (C=O) groups is 1. The molecular formula is C19H17N5O3. The third-order valence-corrected chi connectivity index (χ3v) is 3.54. The van der Waals surface area contributed by atoms with Crippen molar-refractivity contribution in [2.24, 2.45) is 5.73 Å². The monoisotopic (exact) mass is 363 g/mol. The van der Waals surface area contributed by atoms with E-state index in [-0.39, 0.29) is 5.57 Å². The molecule has 0 bridgehead atoms. The number of amides is 1. The Bertz CT molecular complexity index is 973. The van der Waals surface area contributed by atoms with E-state index in [1.165, 1.54) is 6.33 Å². The molecule has 0 saturated carbocycles. The Kier molecular flexibility index (Phi) is 5.27. The Morgan fingerprint density at radius 2 is 1.81 bits per heavy atom. The second kappa shape index (κ2) is 7.96. The zero-order chi connectivity index (χ0) is 19.2. The Morgan fingerprint density at radius 3 is 2.52 bits per heavy atom. The zero-order valence-corrected chi connectivity index (χ0v) is 14.5. The minimum absolute atomic E-state index is 0.130. The zero-order valence-electron chi connectivity index (χ0n) is 14.5. The number of methoxy groups -OCH3 is 1. The molecule has 2 aromatic heterocycles. The van der Waals surface area contributed by atoms with E-state index < -0.39 is 5.91 Å². The van der Waals surface area contributed by atoms with Gasteiger partial charge in [0.2, 0.25) is 11.8 Å². The lowest BCUT2D eigenvalue weighted by atomic mass is 10.2. The lowest BCUT2D eigenvalue weighted by molar-refractivity contribution is -0.112. The smallest absolute Gasteiger partial charge is 0.250 e. The van der Waals surface area contributed by atoms with Crippen LogP contribution in [0, 0.1) is 0 Å². The van der Waals surface area contributed by atoms with Crippen LogP contribution < -0.4 is 20.5 Å². The van der Waals surface area contributed by atoms with Crippen molar-refractivity contribution in [1.82, 2.24) is 15.0 Å². The van der Waals surface area contributed by atoms with E-state index in [4.69, 9.17) is 15.2 Å². The van der Waals surface area contributed by atoms with E-state index in [0.29, 0.717) is 29.0 Å². The van der Waals surface area contributed by atoms with Crippen LogP contribution in [0.5, 0.6) is 17.4 Å². The molecular weight excluding hydrogens is 346 g/mol. The lowest BCUT2D eigenvalue weighted by Crippen LogP contribution is -2.13. The number of pyridine rings is 1. The van der Waals surface area contributed by atoms with Gasteiger partial charge in [0.15, 0.2) is 0 Å². The summed E-state index contributed by atoms with van der Waals surface area (Å²) in [6.07, 6.45) is 1.37. The molecule has 3 N–H and O–H groups in total. The number of hydrogen-bond donors (Lipinski definition) is 2. The Labute approximate surface area is 155 Å². The van der Waals surface area contributed by atoms with E-state index in [9.17, 15) is 4.79 Å². The van der Waals surface area contributed by atoms with Crippen molar-refractivity contribution >= 4 is 23.1 Å². The summed E-state index contributed by atoms with van der Waals surface area (Å²) < 4.78 is 10.8. The quantitative estimate of drug-likeness (QED) is 0.621. The highest BCUT2D eigenvalue weighted by atomic mass is 16.5. The van der Waals surface area contributed by atoms with Crippen LogP contribution in [0.1, 0.15) is 5.69 Å². The minimum Gasteiger partial charge on any atom is -0.497 e. The first-order chi connectivity index (χ1) is 13.0. The van der Waals surface area contributed by atoms with Gasteiger partial charge < -0.3 is 20.5 Å². The maximum atomic E-state index is 11.2. The van der Waals surface area contributed by atoms with E-state index in [0.717, 1.165) is 5.75 Å². The van der Waals surface area contributed by atoms with Crippen LogP contribution in [0.4, 0.5) is 11.6 Å². The van der Waals surface area contributed by atoms with Gasteiger partial charge in [0.25, 0.3) is 0 Å². The average Bonchev–Trinajstić information content (AvgIpc) is 2.68. The fourth-order valence-electron chi connectivity index (χ4n) is 2.16. The molecule has 2 heterocycles. The Hall–Kier alpha value is -3.94. The molecule has 8 heteroatoms. The molecule has 0 atom stereocenters. The Balaban J connectivity index is 1.75. The number of nitrogens with one attached hydrogen (secondary N) is 1. The number of rotatable bonds is 7. The molecule has 0 aliphatic heterocycles. The van der Waals surface area contributed by atoms with Gasteiger partial charge in [-0.05, 0) is 36.4 Å². The van der Waals surface area contributed by atoms with Gasteiger partial charge in [0.05, 0.1) is 18.4 Å². The molecule has 3 rings (SSSR count). The van der Waals surface area contributed by atoms with Crippen LogP contribution in [-0.2, 0) is 4.79 Å². The number of nitrogens with two attached hydrogens (primary N) is 1. The number of nitrogens with zero attached hydrogens (tertiary/aromatic N) is 3.